The molecule has 0 radical (unpaired) electrons. The minimum absolute atomic E-state index is 0. The molecule has 2 aliphatic rings. The smallest absolute Gasteiger partial charge is 1.00 e. The van der Waals surface area contributed by atoms with Crippen LogP contribution in [0.15, 0.2) is 149 Å². The van der Waals surface area contributed by atoms with Crippen LogP contribution in [0.1, 0.15) is 28.6 Å². The maximum Gasteiger partial charge on any atom is -1.00 e. The predicted molar refractivity (Wildman–Crippen MR) is 159 cm³/mol. The molecule has 2 aliphatic carbocycles. The van der Waals surface area contributed by atoms with Gasteiger partial charge in [-0.05, 0) is 0 Å². The summed E-state index contributed by atoms with van der Waals surface area (Å²) in [5.41, 5.74) is 11.1. The van der Waals surface area contributed by atoms with Crippen LogP contribution in [0.3, 0.4) is 0 Å². The first-order chi connectivity index (χ1) is 18.4. The van der Waals surface area contributed by atoms with E-state index in [1.54, 1.807) is 6.55 Å². The van der Waals surface area contributed by atoms with Crippen LogP contribution in [0, 0.1) is 0 Å². The summed E-state index contributed by atoms with van der Waals surface area (Å²) in [6.45, 7) is 0. The monoisotopic (exact) mass is 635 g/mol. The van der Waals surface area contributed by atoms with Crippen molar-refractivity contribution in [3.05, 3.63) is 160 Å². The predicted octanol–water partition coefficient (Wildman–Crippen LogP) is 3.52. The molecule has 0 atom stereocenters. The quantitative estimate of drug-likeness (QED) is 0.277. The molecule has 0 amide bonds. The Bertz CT molecular complexity index is 1550. The summed E-state index contributed by atoms with van der Waals surface area (Å²) in [7, 11) is 0. The van der Waals surface area contributed by atoms with E-state index in [1.807, 2.05) is 0 Å². The third-order valence-electron chi connectivity index (χ3n) is 7.72. The first-order valence-electron chi connectivity index (χ1n) is 13.0. The van der Waals surface area contributed by atoms with Crippen LogP contribution in [0.2, 0.25) is 0 Å². The number of hydrogen-bond acceptors (Lipinski definition) is 0. The second-order valence-corrected chi connectivity index (χ2v) is 16.3. The van der Waals surface area contributed by atoms with E-state index >= 15 is 0 Å². The standard InChI is InChI=1S/C25H17.C6H5.C5H5.CH4.2ClH.Zr/c1-3-7-18(8-4-1)20-11-13-24-22(15-20)17-23-16-21(12-14-25(23)24)19-9-5-2-6-10-19;1-2-4-6-5-3-1;1-2-4-5-3-1;;;;/h1-17H;1-5H;1-3H,4H2;1H4;2*1H;/q;;;;;;+2/p-2. The molecule has 0 saturated carbocycles. The molecule has 0 saturated heterocycles. The molecule has 0 fully saturated rings. The van der Waals surface area contributed by atoms with Crippen molar-refractivity contribution in [1.29, 1.82) is 0 Å². The van der Waals surface area contributed by atoms with E-state index in [4.69, 9.17) is 0 Å². The summed E-state index contributed by atoms with van der Waals surface area (Å²) in [6.07, 6.45) is 8.15. The normalized spacial score (nSPS) is 12.8. The van der Waals surface area contributed by atoms with Crippen molar-refractivity contribution in [2.75, 3.05) is 0 Å². The van der Waals surface area contributed by atoms with Gasteiger partial charge in [-0.3, -0.25) is 0 Å². The summed E-state index contributed by atoms with van der Waals surface area (Å²) in [4.78, 5) is 0. The van der Waals surface area contributed by atoms with E-state index in [-0.39, 0.29) is 32.2 Å². The summed E-state index contributed by atoms with van der Waals surface area (Å²) in [5.74, 6) is 0. The Morgan fingerprint density at radius 3 is 1.45 bits per heavy atom. The van der Waals surface area contributed by atoms with Gasteiger partial charge in [0.05, 0.1) is 0 Å². The van der Waals surface area contributed by atoms with Crippen LogP contribution < -0.4 is 28.1 Å². The van der Waals surface area contributed by atoms with Gasteiger partial charge in [-0.15, -0.1) is 0 Å². The Kier molecular flexibility index (Phi) is 9.86. The average Bonchev–Trinajstić information content (AvgIpc) is 3.62. The Morgan fingerprint density at radius 1 is 0.525 bits per heavy atom. The van der Waals surface area contributed by atoms with Crippen molar-refractivity contribution in [3.63, 3.8) is 0 Å². The van der Waals surface area contributed by atoms with Crippen molar-refractivity contribution < 1.29 is 46.6 Å². The molecule has 7 rings (SSSR count). The topological polar surface area (TPSA) is 0 Å². The average molecular weight is 638 g/mol. The molecular formula is C37H31Cl2Zr. The van der Waals surface area contributed by atoms with Crippen molar-refractivity contribution in [2.45, 2.75) is 17.5 Å². The van der Waals surface area contributed by atoms with Gasteiger partial charge in [-0.1, -0.05) is 7.43 Å². The number of fused-ring (bicyclic) bond motifs is 3. The number of hydrogen-bond donors (Lipinski definition) is 0. The van der Waals surface area contributed by atoms with Gasteiger partial charge < -0.3 is 24.8 Å². The van der Waals surface area contributed by atoms with E-state index in [9.17, 15) is 0 Å². The van der Waals surface area contributed by atoms with Crippen LogP contribution in [0.4, 0.5) is 0 Å². The van der Waals surface area contributed by atoms with Gasteiger partial charge in [-0.25, -0.2) is 0 Å². The fraction of sp³-hybridized carbons (Fsp3) is 0.0811. The molecular weight excluding hydrogens is 607 g/mol. The largest absolute Gasteiger partial charge is 1.00 e. The molecule has 3 heteroatoms. The Morgan fingerprint density at radius 2 is 1.00 bits per heavy atom. The van der Waals surface area contributed by atoms with Gasteiger partial charge in [0, 0.05) is 0 Å². The van der Waals surface area contributed by atoms with E-state index < -0.39 is 21.8 Å². The van der Waals surface area contributed by atoms with Crippen LogP contribution in [0.25, 0.3) is 33.4 Å². The van der Waals surface area contributed by atoms with Crippen molar-refractivity contribution >= 4 is 3.27 Å². The summed E-state index contributed by atoms with van der Waals surface area (Å²) >= 11 is -2.39. The Labute approximate surface area is 259 Å². The van der Waals surface area contributed by atoms with Gasteiger partial charge >= 0.3 is 228 Å². The molecule has 0 bridgehead atoms. The molecule has 0 N–H and O–H groups in total. The second kappa shape index (κ2) is 13.1. The molecule has 0 aliphatic heterocycles. The molecule has 197 valence electrons. The number of allylic oxidation sites excluding steroid dienone is 4. The van der Waals surface area contributed by atoms with Crippen molar-refractivity contribution in [3.8, 4) is 33.4 Å². The Hall–Kier alpha value is -2.96. The van der Waals surface area contributed by atoms with E-state index in [2.05, 4.69) is 146 Å². The maximum atomic E-state index is 2.50. The van der Waals surface area contributed by atoms with Crippen LogP contribution in [0.5, 0.6) is 0 Å². The van der Waals surface area contributed by atoms with Crippen molar-refractivity contribution in [1.82, 2.24) is 0 Å². The SMILES string of the molecule is C.C1=CC[C]([Zr+2]([c]2ccccc2)[CH]2c3cc(-c4ccccc4)ccc3-c3ccc(-c4ccccc4)cc32)=C1.[Cl-].[Cl-]. The third-order valence-corrected chi connectivity index (χ3v) is 15.6. The fourth-order valence-electron chi connectivity index (χ4n) is 5.99. The van der Waals surface area contributed by atoms with Gasteiger partial charge in [-0.2, -0.15) is 0 Å². The molecule has 0 heterocycles. The Balaban J connectivity index is 0.00000123. The zero-order chi connectivity index (χ0) is 24.6. The molecule has 40 heavy (non-hydrogen) atoms. The molecule has 5 aromatic carbocycles. The zero-order valence-electron chi connectivity index (χ0n) is 21.4. The van der Waals surface area contributed by atoms with Crippen LogP contribution in [-0.2, 0) is 21.8 Å². The van der Waals surface area contributed by atoms with Gasteiger partial charge in [0.1, 0.15) is 0 Å². The second-order valence-electron chi connectivity index (χ2n) is 9.87. The molecule has 5 aromatic rings. The maximum absolute atomic E-state index is 2.50. The number of benzene rings is 5. The molecule has 0 nitrogen and oxygen atoms in total. The minimum atomic E-state index is -2.39. The van der Waals surface area contributed by atoms with Gasteiger partial charge in [0.2, 0.25) is 0 Å². The zero-order valence-corrected chi connectivity index (χ0v) is 25.4. The first-order valence-corrected chi connectivity index (χ1v) is 16.9. The van der Waals surface area contributed by atoms with Crippen LogP contribution >= 0.6 is 0 Å². The first kappa shape index (κ1) is 30.0. The number of rotatable bonds is 5. The van der Waals surface area contributed by atoms with Gasteiger partial charge in [0.15, 0.2) is 0 Å². The minimum Gasteiger partial charge on any atom is -1.00 e. The molecule has 0 spiro atoms. The third kappa shape index (κ3) is 5.49. The van der Waals surface area contributed by atoms with Gasteiger partial charge in [0.25, 0.3) is 0 Å². The fourth-order valence-corrected chi connectivity index (χ4v) is 14.2. The summed E-state index contributed by atoms with van der Waals surface area (Å²) in [5, 5.41) is 0. The van der Waals surface area contributed by atoms with E-state index in [1.165, 1.54) is 44.5 Å². The summed E-state index contributed by atoms with van der Waals surface area (Å²) < 4.78 is 3.72. The summed E-state index contributed by atoms with van der Waals surface area (Å²) in [6, 6.07) is 47.5. The molecule has 0 unspecified atom stereocenters. The van der Waals surface area contributed by atoms with Crippen LogP contribution in [-0.4, -0.2) is 0 Å². The van der Waals surface area contributed by atoms with Crippen molar-refractivity contribution in [2.24, 2.45) is 0 Å². The van der Waals surface area contributed by atoms with E-state index in [0.29, 0.717) is 3.63 Å². The van der Waals surface area contributed by atoms with E-state index in [0.717, 1.165) is 6.42 Å². The number of halogens is 2. The molecule has 0 aromatic heterocycles.